The smallest absolute Gasteiger partial charge is 0.269 e. The van der Waals surface area contributed by atoms with Crippen LogP contribution >= 0.6 is 0 Å². The van der Waals surface area contributed by atoms with Crippen molar-refractivity contribution in [3.05, 3.63) is 70.0 Å². The number of carbonyl (C=O) groups excluding carboxylic acids is 1. The van der Waals surface area contributed by atoms with Gasteiger partial charge in [0.05, 0.1) is 17.6 Å². The minimum absolute atomic E-state index is 0.0232. The van der Waals surface area contributed by atoms with Gasteiger partial charge in [-0.2, -0.15) is 5.10 Å². The molecule has 0 bridgehead atoms. The lowest BCUT2D eigenvalue weighted by molar-refractivity contribution is -0.384. The van der Waals surface area contributed by atoms with Gasteiger partial charge in [0, 0.05) is 24.5 Å². The fourth-order valence-electron chi connectivity index (χ4n) is 1.63. The molecule has 7 heteroatoms. The number of carbonyl (C=O) groups is 1. The maximum absolute atomic E-state index is 11.7. The molecule has 1 N–H and O–H groups in total. The predicted octanol–water partition coefficient (Wildman–Crippen LogP) is 1.68. The minimum atomic E-state index is -0.497. The van der Waals surface area contributed by atoms with Crippen molar-refractivity contribution < 1.29 is 9.72 Å². The Bertz CT molecular complexity index is 671. The Labute approximate surface area is 120 Å². The van der Waals surface area contributed by atoms with Crippen LogP contribution in [0.2, 0.25) is 0 Å². The van der Waals surface area contributed by atoms with E-state index in [1.54, 1.807) is 36.7 Å². The van der Waals surface area contributed by atoms with Crippen molar-refractivity contribution in [2.45, 2.75) is 6.42 Å². The molecule has 2 rings (SSSR count). The second-order valence-corrected chi connectivity index (χ2v) is 4.18. The molecule has 7 nitrogen and oxygen atoms in total. The Kier molecular flexibility index (Phi) is 4.70. The molecule has 0 aliphatic rings. The average Bonchev–Trinajstić information content (AvgIpc) is 2.48. The summed E-state index contributed by atoms with van der Waals surface area (Å²) in [6, 6.07) is 9.43. The fraction of sp³-hybridized carbons (Fsp3) is 0.0714. The number of nitrogens with one attached hydrogen (secondary N) is 1. The Morgan fingerprint density at radius 2 is 2.10 bits per heavy atom. The van der Waals surface area contributed by atoms with Crippen LogP contribution in [-0.2, 0) is 11.2 Å². The normalized spacial score (nSPS) is 10.5. The predicted molar refractivity (Wildman–Crippen MR) is 76.8 cm³/mol. The second kappa shape index (κ2) is 6.90. The van der Waals surface area contributed by atoms with Crippen LogP contribution in [0, 0.1) is 10.1 Å². The van der Waals surface area contributed by atoms with E-state index in [1.165, 1.54) is 18.3 Å². The van der Waals surface area contributed by atoms with Crippen LogP contribution < -0.4 is 5.43 Å². The van der Waals surface area contributed by atoms with Gasteiger partial charge >= 0.3 is 0 Å². The summed E-state index contributed by atoms with van der Waals surface area (Å²) in [5.41, 5.74) is 3.69. The van der Waals surface area contributed by atoms with Gasteiger partial charge in [-0.3, -0.25) is 19.9 Å². The minimum Gasteiger partial charge on any atom is -0.273 e. The summed E-state index contributed by atoms with van der Waals surface area (Å²) in [4.78, 5) is 25.7. The zero-order valence-electron chi connectivity index (χ0n) is 11.0. The Hall–Kier alpha value is -3.09. The zero-order valence-corrected chi connectivity index (χ0v) is 11.0. The molecule has 1 aromatic heterocycles. The summed E-state index contributed by atoms with van der Waals surface area (Å²) >= 11 is 0. The quantitative estimate of drug-likeness (QED) is 0.513. The second-order valence-electron chi connectivity index (χ2n) is 4.18. The highest BCUT2D eigenvalue weighted by Gasteiger charge is 2.08. The van der Waals surface area contributed by atoms with E-state index in [2.05, 4.69) is 15.5 Å². The van der Waals surface area contributed by atoms with Crippen LogP contribution in [0.4, 0.5) is 5.69 Å². The number of non-ortho nitro benzene ring substituents is 1. The monoisotopic (exact) mass is 284 g/mol. The van der Waals surface area contributed by atoms with Crippen molar-refractivity contribution in [3.63, 3.8) is 0 Å². The van der Waals surface area contributed by atoms with Crippen molar-refractivity contribution >= 4 is 17.8 Å². The van der Waals surface area contributed by atoms with E-state index >= 15 is 0 Å². The van der Waals surface area contributed by atoms with Crippen LogP contribution in [0.1, 0.15) is 11.1 Å². The zero-order chi connectivity index (χ0) is 15.1. The molecule has 1 heterocycles. The van der Waals surface area contributed by atoms with Gasteiger partial charge in [-0.05, 0) is 23.3 Å². The number of nitro benzene ring substituents is 1. The first-order valence-electron chi connectivity index (χ1n) is 6.10. The standard InChI is InChI=1S/C14H12N4O3/c19-14(17-16-10-11-4-6-15-7-5-11)9-12-2-1-3-13(8-12)18(20)21/h1-8,10H,9H2,(H,17,19)/b16-10+. The first-order valence-corrected chi connectivity index (χ1v) is 6.10. The van der Waals surface area contributed by atoms with Gasteiger partial charge in [-0.1, -0.05) is 12.1 Å². The molecule has 0 fully saturated rings. The Morgan fingerprint density at radius 1 is 1.33 bits per heavy atom. The third-order valence-electron chi connectivity index (χ3n) is 2.60. The molecular weight excluding hydrogens is 272 g/mol. The molecule has 0 atom stereocenters. The number of nitrogens with zero attached hydrogens (tertiary/aromatic N) is 3. The molecule has 0 saturated heterocycles. The van der Waals surface area contributed by atoms with Crippen LogP contribution in [-0.4, -0.2) is 22.0 Å². The van der Waals surface area contributed by atoms with Crippen LogP contribution in [0.5, 0.6) is 0 Å². The lowest BCUT2D eigenvalue weighted by Crippen LogP contribution is -2.19. The molecule has 0 saturated carbocycles. The highest BCUT2D eigenvalue weighted by molar-refractivity contribution is 5.83. The van der Waals surface area contributed by atoms with Crippen molar-refractivity contribution in [3.8, 4) is 0 Å². The van der Waals surface area contributed by atoms with Crippen LogP contribution in [0.3, 0.4) is 0 Å². The van der Waals surface area contributed by atoms with Gasteiger partial charge in [0.25, 0.3) is 5.69 Å². The van der Waals surface area contributed by atoms with Crippen molar-refractivity contribution in [1.29, 1.82) is 0 Å². The van der Waals surface area contributed by atoms with E-state index in [4.69, 9.17) is 0 Å². The van der Waals surface area contributed by atoms with E-state index in [0.717, 1.165) is 5.56 Å². The molecule has 0 aliphatic carbocycles. The molecule has 0 unspecified atom stereocenters. The molecule has 106 valence electrons. The SMILES string of the molecule is O=C(Cc1cccc([N+](=O)[O-])c1)N/N=C/c1ccncc1. The van der Waals surface area contributed by atoms with Crippen LogP contribution in [0.25, 0.3) is 0 Å². The van der Waals surface area contributed by atoms with Gasteiger partial charge in [-0.25, -0.2) is 5.43 Å². The van der Waals surface area contributed by atoms with Gasteiger partial charge < -0.3 is 0 Å². The third-order valence-corrected chi connectivity index (χ3v) is 2.60. The topological polar surface area (TPSA) is 97.5 Å². The number of pyridine rings is 1. The first-order chi connectivity index (χ1) is 10.1. The molecule has 1 aromatic carbocycles. The highest BCUT2D eigenvalue weighted by atomic mass is 16.6. The number of hydrogen-bond donors (Lipinski definition) is 1. The fourth-order valence-corrected chi connectivity index (χ4v) is 1.63. The van der Waals surface area contributed by atoms with E-state index in [0.29, 0.717) is 5.56 Å². The molecule has 0 radical (unpaired) electrons. The molecule has 2 aromatic rings. The maximum Gasteiger partial charge on any atom is 0.269 e. The summed E-state index contributed by atoms with van der Waals surface area (Å²) in [7, 11) is 0. The molecule has 0 aliphatic heterocycles. The Balaban J connectivity index is 1.91. The Morgan fingerprint density at radius 3 is 2.81 bits per heavy atom. The van der Waals surface area contributed by atoms with E-state index in [-0.39, 0.29) is 18.0 Å². The van der Waals surface area contributed by atoms with Crippen molar-refractivity contribution in [1.82, 2.24) is 10.4 Å². The highest BCUT2D eigenvalue weighted by Crippen LogP contribution is 2.13. The van der Waals surface area contributed by atoms with Gasteiger partial charge in [0.15, 0.2) is 0 Å². The number of hydrogen-bond acceptors (Lipinski definition) is 5. The first kappa shape index (κ1) is 14.3. The van der Waals surface area contributed by atoms with Gasteiger partial charge in [0.2, 0.25) is 5.91 Å². The van der Waals surface area contributed by atoms with Gasteiger partial charge in [-0.15, -0.1) is 0 Å². The van der Waals surface area contributed by atoms with Gasteiger partial charge in [0.1, 0.15) is 0 Å². The van der Waals surface area contributed by atoms with E-state index in [9.17, 15) is 14.9 Å². The van der Waals surface area contributed by atoms with Crippen LogP contribution in [0.15, 0.2) is 53.9 Å². The number of hydrazone groups is 1. The van der Waals surface area contributed by atoms with E-state index in [1.807, 2.05) is 0 Å². The average molecular weight is 284 g/mol. The maximum atomic E-state index is 11.7. The summed E-state index contributed by atoms with van der Waals surface area (Å²) in [5.74, 6) is -0.346. The number of benzene rings is 1. The molecular formula is C14H12N4O3. The summed E-state index contributed by atoms with van der Waals surface area (Å²) in [5, 5.41) is 14.5. The summed E-state index contributed by atoms with van der Waals surface area (Å²) in [6.07, 6.45) is 4.75. The number of nitro groups is 1. The largest absolute Gasteiger partial charge is 0.273 e. The number of aromatic nitrogens is 1. The molecule has 1 amide bonds. The number of rotatable bonds is 5. The lowest BCUT2D eigenvalue weighted by atomic mass is 10.1. The summed E-state index contributed by atoms with van der Waals surface area (Å²) in [6.45, 7) is 0. The lowest BCUT2D eigenvalue weighted by Gasteiger charge is -2.00. The van der Waals surface area contributed by atoms with Crippen molar-refractivity contribution in [2.75, 3.05) is 0 Å². The van der Waals surface area contributed by atoms with E-state index < -0.39 is 4.92 Å². The number of amides is 1. The third kappa shape index (κ3) is 4.50. The summed E-state index contributed by atoms with van der Waals surface area (Å²) < 4.78 is 0. The molecule has 0 spiro atoms. The molecule has 21 heavy (non-hydrogen) atoms. The van der Waals surface area contributed by atoms with Crippen molar-refractivity contribution in [2.24, 2.45) is 5.10 Å².